The maximum absolute atomic E-state index is 12.3. The van der Waals surface area contributed by atoms with Gasteiger partial charge in [-0.15, -0.1) is 0 Å². The van der Waals surface area contributed by atoms with Gasteiger partial charge in [0.25, 0.3) is 0 Å². The average Bonchev–Trinajstić information content (AvgIpc) is 2.46. The predicted octanol–water partition coefficient (Wildman–Crippen LogP) is 3.70. The molecule has 2 nitrogen and oxygen atoms in total. The van der Waals surface area contributed by atoms with Crippen LogP contribution in [0.15, 0.2) is 54.6 Å². The van der Waals surface area contributed by atoms with Crippen molar-refractivity contribution in [2.75, 3.05) is 18.0 Å². The van der Waals surface area contributed by atoms with Gasteiger partial charge < -0.3 is 4.90 Å². The Morgan fingerprint density at radius 1 is 1.00 bits per heavy atom. The summed E-state index contributed by atoms with van der Waals surface area (Å²) in [4.78, 5) is 14.3. The number of rotatable bonds is 5. The first-order valence-corrected chi connectivity index (χ1v) is 6.60. The normalized spacial score (nSPS) is 10.2. The van der Waals surface area contributed by atoms with Crippen molar-refractivity contribution in [1.82, 2.24) is 0 Å². The molecule has 0 aliphatic heterocycles. The lowest BCUT2D eigenvalue weighted by molar-refractivity contribution is 0.0999. The minimum absolute atomic E-state index is 0.158. The Kier molecular flexibility index (Phi) is 4.35. The molecule has 0 saturated heterocycles. The van der Waals surface area contributed by atoms with Gasteiger partial charge in [0.05, 0.1) is 6.54 Å². The molecular weight excluding hydrogens is 234 g/mol. The summed E-state index contributed by atoms with van der Waals surface area (Å²) in [7, 11) is 0. The lowest BCUT2D eigenvalue weighted by Crippen LogP contribution is -2.29. The van der Waals surface area contributed by atoms with Gasteiger partial charge >= 0.3 is 0 Å². The second kappa shape index (κ2) is 6.19. The van der Waals surface area contributed by atoms with Crippen LogP contribution in [0, 0.1) is 6.92 Å². The summed E-state index contributed by atoms with van der Waals surface area (Å²) in [6, 6.07) is 17.8. The van der Waals surface area contributed by atoms with E-state index in [4.69, 9.17) is 0 Å². The van der Waals surface area contributed by atoms with E-state index in [1.54, 1.807) is 0 Å². The highest BCUT2D eigenvalue weighted by molar-refractivity contribution is 5.99. The van der Waals surface area contributed by atoms with Crippen LogP contribution in [0.25, 0.3) is 0 Å². The topological polar surface area (TPSA) is 20.3 Å². The number of ketones is 1. The summed E-state index contributed by atoms with van der Waals surface area (Å²) in [6.45, 7) is 5.33. The van der Waals surface area contributed by atoms with Crippen molar-refractivity contribution < 1.29 is 4.79 Å². The number of hydrogen-bond donors (Lipinski definition) is 0. The summed E-state index contributed by atoms with van der Waals surface area (Å²) < 4.78 is 0. The summed E-state index contributed by atoms with van der Waals surface area (Å²) in [6.07, 6.45) is 0. The maximum Gasteiger partial charge on any atom is 0.182 e. The molecule has 2 heteroatoms. The molecule has 19 heavy (non-hydrogen) atoms. The van der Waals surface area contributed by atoms with Crippen LogP contribution < -0.4 is 4.90 Å². The first-order valence-electron chi connectivity index (χ1n) is 6.60. The van der Waals surface area contributed by atoms with Crippen molar-refractivity contribution >= 4 is 11.5 Å². The van der Waals surface area contributed by atoms with E-state index in [2.05, 4.69) is 11.8 Å². The molecule has 0 radical (unpaired) electrons. The van der Waals surface area contributed by atoms with E-state index in [-0.39, 0.29) is 5.78 Å². The van der Waals surface area contributed by atoms with Crippen molar-refractivity contribution in [3.63, 3.8) is 0 Å². The van der Waals surface area contributed by atoms with E-state index in [0.29, 0.717) is 6.54 Å². The van der Waals surface area contributed by atoms with Crippen LogP contribution in [-0.2, 0) is 0 Å². The number of para-hydroxylation sites is 1. The second-order valence-electron chi connectivity index (χ2n) is 4.64. The fourth-order valence-corrected chi connectivity index (χ4v) is 2.03. The van der Waals surface area contributed by atoms with E-state index in [1.165, 1.54) is 5.56 Å². The van der Waals surface area contributed by atoms with Crippen LogP contribution >= 0.6 is 0 Å². The monoisotopic (exact) mass is 253 g/mol. The second-order valence-corrected chi connectivity index (χ2v) is 4.64. The Morgan fingerprint density at radius 2 is 1.63 bits per heavy atom. The number of nitrogens with zero attached hydrogens (tertiary/aromatic N) is 1. The van der Waals surface area contributed by atoms with E-state index >= 15 is 0 Å². The van der Waals surface area contributed by atoms with Gasteiger partial charge in [-0.2, -0.15) is 0 Å². The smallest absolute Gasteiger partial charge is 0.182 e. The molecule has 2 aromatic rings. The zero-order chi connectivity index (χ0) is 13.7. The lowest BCUT2D eigenvalue weighted by atomic mass is 10.1. The molecular formula is C17H19NO. The van der Waals surface area contributed by atoms with Crippen LogP contribution in [-0.4, -0.2) is 18.9 Å². The Morgan fingerprint density at radius 3 is 2.21 bits per heavy atom. The molecule has 0 spiro atoms. The van der Waals surface area contributed by atoms with Crippen molar-refractivity contribution in [2.24, 2.45) is 0 Å². The number of carbonyl (C=O) groups excluding carboxylic acids is 1. The summed E-state index contributed by atoms with van der Waals surface area (Å²) >= 11 is 0. The zero-order valence-corrected chi connectivity index (χ0v) is 11.5. The fourth-order valence-electron chi connectivity index (χ4n) is 2.03. The molecule has 0 bridgehead atoms. The van der Waals surface area contributed by atoms with Crippen LogP contribution in [0.5, 0.6) is 0 Å². The van der Waals surface area contributed by atoms with Crippen LogP contribution in [0.2, 0.25) is 0 Å². The molecule has 2 rings (SSSR count). The van der Waals surface area contributed by atoms with Gasteiger partial charge in [0.15, 0.2) is 5.78 Å². The van der Waals surface area contributed by atoms with Crippen LogP contribution in [0.4, 0.5) is 5.69 Å². The standard InChI is InChI=1S/C17H19NO/c1-3-18(16-7-5-4-6-8-16)13-17(19)15-11-9-14(2)10-12-15/h4-12H,3,13H2,1-2H3. The third-order valence-corrected chi connectivity index (χ3v) is 3.21. The first-order chi connectivity index (χ1) is 9.20. The minimum atomic E-state index is 0.158. The highest BCUT2D eigenvalue weighted by Gasteiger charge is 2.11. The van der Waals surface area contributed by atoms with Gasteiger partial charge in [0.2, 0.25) is 0 Å². The Balaban J connectivity index is 2.10. The summed E-state index contributed by atoms with van der Waals surface area (Å²) in [5.41, 5.74) is 3.04. The quantitative estimate of drug-likeness (QED) is 0.757. The number of likely N-dealkylation sites (N-methyl/N-ethyl adjacent to an activating group) is 1. The lowest BCUT2D eigenvalue weighted by Gasteiger charge is -2.22. The SMILES string of the molecule is CCN(CC(=O)c1ccc(C)cc1)c1ccccc1. The van der Waals surface area contributed by atoms with E-state index in [9.17, 15) is 4.79 Å². The van der Waals surface area contributed by atoms with Crippen molar-refractivity contribution in [3.8, 4) is 0 Å². The van der Waals surface area contributed by atoms with Crippen LogP contribution in [0.1, 0.15) is 22.8 Å². The Hall–Kier alpha value is -2.09. The number of benzene rings is 2. The number of anilines is 1. The van der Waals surface area contributed by atoms with Crippen molar-refractivity contribution in [1.29, 1.82) is 0 Å². The van der Waals surface area contributed by atoms with Crippen molar-refractivity contribution in [3.05, 3.63) is 65.7 Å². The molecule has 0 aliphatic carbocycles. The van der Waals surface area contributed by atoms with Crippen LogP contribution in [0.3, 0.4) is 0 Å². The van der Waals surface area contributed by atoms with Gasteiger partial charge in [0.1, 0.15) is 0 Å². The number of aryl methyl sites for hydroxylation is 1. The van der Waals surface area contributed by atoms with Gasteiger partial charge in [-0.3, -0.25) is 4.79 Å². The number of Topliss-reactive ketones (excluding diaryl/α,β-unsaturated/α-hetero) is 1. The molecule has 0 aliphatic rings. The van der Waals surface area contributed by atoms with E-state index in [1.807, 2.05) is 61.5 Å². The predicted molar refractivity (Wildman–Crippen MR) is 79.8 cm³/mol. The average molecular weight is 253 g/mol. The minimum Gasteiger partial charge on any atom is -0.364 e. The fraction of sp³-hybridized carbons (Fsp3) is 0.235. The Labute approximate surface area is 114 Å². The maximum atomic E-state index is 12.3. The zero-order valence-electron chi connectivity index (χ0n) is 11.5. The third-order valence-electron chi connectivity index (χ3n) is 3.21. The summed E-state index contributed by atoms with van der Waals surface area (Å²) in [5.74, 6) is 0.158. The molecule has 0 atom stereocenters. The van der Waals surface area contributed by atoms with E-state index < -0.39 is 0 Å². The molecule has 0 heterocycles. The highest BCUT2D eigenvalue weighted by Crippen LogP contribution is 2.14. The Bertz CT molecular complexity index is 531. The number of carbonyl (C=O) groups is 1. The van der Waals surface area contributed by atoms with Gasteiger partial charge in [-0.1, -0.05) is 48.0 Å². The molecule has 0 saturated carbocycles. The first kappa shape index (κ1) is 13.3. The third kappa shape index (κ3) is 3.44. The largest absolute Gasteiger partial charge is 0.364 e. The van der Waals surface area contributed by atoms with E-state index in [0.717, 1.165) is 17.8 Å². The van der Waals surface area contributed by atoms with Gasteiger partial charge in [-0.25, -0.2) is 0 Å². The number of hydrogen-bond acceptors (Lipinski definition) is 2. The van der Waals surface area contributed by atoms with Crippen molar-refractivity contribution in [2.45, 2.75) is 13.8 Å². The summed E-state index contributed by atoms with van der Waals surface area (Å²) in [5, 5.41) is 0. The molecule has 0 aromatic heterocycles. The van der Waals surface area contributed by atoms with Gasteiger partial charge in [-0.05, 0) is 26.0 Å². The molecule has 98 valence electrons. The molecule has 0 amide bonds. The molecule has 2 aromatic carbocycles. The molecule has 0 unspecified atom stereocenters. The highest BCUT2D eigenvalue weighted by atomic mass is 16.1. The molecule has 0 fully saturated rings. The van der Waals surface area contributed by atoms with Gasteiger partial charge in [0, 0.05) is 17.8 Å². The molecule has 0 N–H and O–H groups in total.